The van der Waals surface area contributed by atoms with Crippen LogP contribution in [0.1, 0.15) is 45.2 Å². The smallest absolute Gasteiger partial charge is 0.256 e. The van der Waals surface area contributed by atoms with Gasteiger partial charge in [0.15, 0.2) is 0 Å². The first kappa shape index (κ1) is 22.0. The first-order chi connectivity index (χ1) is 16.1. The quantitative estimate of drug-likeness (QED) is 0.488. The Balaban J connectivity index is 1.43. The van der Waals surface area contributed by atoms with Crippen molar-refractivity contribution < 1.29 is 14.3 Å². The highest BCUT2D eigenvalue weighted by Crippen LogP contribution is 2.39. The van der Waals surface area contributed by atoms with Gasteiger partial charge in [0.05, 0.1) is 23.7 Å². The molecule has 1 saturated carbocycles. The van der Waals surface area contributed by atoms with Gasteiger partial charge in [-0.2, -0.15) is 0 Å². The van der Waals surface area contributed by atoms with Crippen molar-refractivity contribution in [2.24, 2.45) is 0 Å². The largest absolute Gasteiger partial charge is 0.497 e. The van der Waals surface area contributed by atoms with Crippen molar-refractivity contribution in [1.82, 2.24) is 9.80 Å². The fraction of sp³-hybridized carbons (Fsp3) is 0.308. The minimum atomic E-state index is -0.175. The molecule has 1 unspecified atom stereocenters. The molecule has 1 fully saturated rings. The lowest BCUT2D eigenvalue weighted by Gasteiger charge is -2.37. The first-order valence-corrected chi connectivity index (χ1v) is 12.4. The van der Waals surface area contributed by atoms with Crippen molar-refractivity contribution in [3.05, 3.63) is 86.6 Å². The van der Waals surface area contributed by atoms with Gasteiger partial charge in [-0.05, 0) is 66.1 Å². The van der Waals surface area contributed by atoms with E-state index in [0.717, 1.165) is 30.6 Å². The molecule has 5 nitrogen and oxygen atoms in total. The van der Waals surface area contributed by atoms with Crippen LogP contribution in [-0.4, -0.2) is 47.9 Å². The number of rotatable bonds is 6. The number of methoxy groups -OCH3 is 1. The maximum absolute atomic E-state index is 13.7. The molecule has 1 aliphatic heterocycles. The lowest BCUT2D eigenvalue weighted by atomic mass is 9.93. The summed E-state index contributed by atoms with van der Waals surface area (Å²) in [7, 11) is 1.64. The summed E-state index contributed by atoms with van der Waals surface area (Å²) in [6.07, 6.45) is 2.66. The van der Waals surface area contributed by atoms with Crippen LogP contribution in [0.2, 0.25) is 5.02 Å². The number of nitrogens with zero attached hydrogens (tertiary/aromatic N) is 2. The predicted molar refractivity (Wildman–Crippen MR) is 130 cm³/mol. The third-order valence-electron chi connectivity index (χ3n) is 6.38. The third kappa shape index (κ3) is 4.37. The van der Waals surface area contributed by atoms with Crippen molar-refractivity contribution in [2.75, 3.05) is 20.2 Å². The Labute approximate surface area is 202 Å². The van der Waals surface area contributed by atoms with Crippen LogP contribution in [0.4, 0.5) is 0 Å². The molecule has 0 bridgehead atoms. The molecule has 0 spiro atoms. The molecular weight excluding hydrogens is 456 g/mol. The SMILES string of the molecule is COc1ccc(C2c3ccsc3CCN2C(=O)CN(C(=O)c2ccccc2Cl)C2CC2)cc1. The molecule has 0 saturated heterocycles. The highest BCUT2D eigenvalue weighted by molar-refractivity contribution is 7.10. The standard InChI is InChI=1S/C26H25ClN2O3S/c1-32-19-10-6-17(7-11-19)25-21-13-15-33-23(21)12-14-28(25)24(30)16-29(18-8-9-18)26(31)20-4-2-3-5-22(20)27/h2-7,10-11,13,15,18,25H,8-9,12,14,16H2,1H3. The zero-order valence-corrected chi connectivity index (χ0v) is 19.9. The second kappa shape index (κ2) is 9.20. The molecule has 2 heterocycles. The van der Waals surface area contributed by atoms with Gasteiger partial charge in [-0.3, -0.25) is 9.59 Å². The molecule has 7 heteroatoms. The van der Waals surface area contributed by atoms with E-state index < -0.39 is 0 Å². The predicted octanol–water partition coefficient (Wildman–Crippen LogP) is 5.19. The minimum absolute atomic E-state index is 0.0417. The fourth-order valence-corrected chi connectivity index (χ4v) is 5.63. The molecule has 33 heavy (non-hydrogen) atoms. The van der Waals surface area contributed by atoms with Gasteiger partial charge in [-0.25, -0.2) is 0 Å². The van der Waals surface area contributed by atoms with Gasteiger partial charge in [0.2, 0.25) is 5.91 Å². The monoisotopic (exact) mass is 480 g/mol. The van der Waals surface area contributed by atoms with Crippen LogP contribution < -0.4 is 4.74 Å². The highest BCUT2D eigenvalue weighted by atomic mass is 35.5. The summed E-state index contributed by atoms with van der Waals surface area (Å²) in [5, 5.41) is 2.50. The van der Waals surface area contributed by atoms with E-state index in [0.29, 0.717) is 17.1 Å². The first-order valence-electron chi connectivity index (χ1n) is 11.1. The Morgan fingerprint density at radius 2 is 1.88 bits per heavy atom. The lowest BCUT2D eigenvalue weighted by molar-refractivity contribution is -0.134. The number of carbonyl (C=O) groups is 2. The van der Waals surface area contributed by atoms with Gasteiger partial charge < -0.3 is 14.5 Å². The van der Waals surface area contributed by atoms with E-state index in [4.69, 9.17) is 16.3 Å². The zero-order chi connectivity index (χ0) is 22.9. The molecule has 2 aliphatic rings. The van der Waals surface area contributed by atoms with Crippen LogP contribution in [0, 0.1) is 0 Å². The number of carbonyl (C=O) groups excluding carboxylic acids is 2. The van der Waals surface area contributed by atoms with Crippen molar-refractivity contribution in [2.45, 2.75) is 31.3 Å². The van der Waals surface area contributed by atoms with E-state index >= 15 is 0 Å². The number of amides is 2. The van der Waals surface area contributed by atoms with E-state index in [2.05, 4.69) is 11.4 Å². The fourth-order valence-electron chi connectivity index (χ4n) is 4.51. The molecule has 170 valence electrons. The molecule has 0 N–H and O–H groups in total. The third-order valence-corrected chi connectivity index (χ3v) is 7.70. The zero-order valence-electron chi connectivity index (χ0n) is 18.4. The van der Waals surface area contributed by atoms with Crippen molar-refractivity contribution in [3.8, 4) is 5.75 Å². The Morgan fingerprint density at radius 3 is 2.58 bits per heavy atom. The number of halogens is 1. The van der Waals surface area contributed by atoms with Gasteiger partial charge >= 0.3 is 0 Å². The van der Waals surface area contributed by atoms with Gasteiger partial charge in [0.1, 0.15) is 12.3 Å². The second-order valence-corrected chi connectivity index (χ2v) is 9.86. The Kier molecular flexibility index (Phi) is 6.13. The molecule has 0 radical (unpaired) electrons. The summed E-state index contributed by atoms with van der Waals surface area (Å²) in [6, 6.07) is 17.0. The van der Waals surface area contributed by atoms with Crippen LogP contribution in [0.5, 0.6) is 5.75 Å². The number of fused-ring (bicyclic) bond motifs is 1. The van der Waals surface area contributed by atoms with Crippen molar-refractivity contribution >= 4 is 34.8 Å². The maximum atomic E-state index is 13.7. The highest BCUT2D eigenvalue weighted by Gasteiger charge is 2.38. The summed E-state index contributed by atoms with van der Waals surface area (Å²) in [4.78, 5) is 31.9. The van der Waals surface area contributed by atoms with Crippen LogP contribution >= 0.6 is 22.9 Å². The number of hydrogen-bond acceptors (Lipinski definition) is 4. The summed E-state index contributed by atoms with van der Waals surface area (Å²) in [5.74, 6) is 0.564. The summed E-state index contributed by atoms with van der Waals surface area (Å²) >= 11 is 8.03. The van der Waals surface area contributed by atoms with Crippen molar-refractivity contribution in [1.29, 1.82) is 0 Å². The summed E-state index contributed by atoms with van der Waals surface area (Å²) in [6.45, 7) is 0.683. The average molecular weight is 481 g/mol. The molecule has 5 rings (SSSR count). The summed E-state index contributed by atoms with van der Waals surface area (Å²) < 4.78 is 5.32. The number of hydrogen-bond donors (Lipinski definition) is 0. The molecule has 1 atom stereocenters. The minimum Gasteiger partial charge on any atom is -0.497 e. The summed E-state index contributed by atoms with van der Waals surface area (Å²) in [5.41, 5.74) is 2.66. The number of thiophene rings is 1. The van der Waals surface area contributed by atoms with E-state index in [9.17, 15) is 9.59 Å². The van der Waals surface area contributed by atoms with Gasteiger partial charge in [-0.15, -0.1) is 11.3 Å². The maximum Gasteiger partial charge on any atom is 0.256 e. The average Bonchev–Trinajstić information content (AvgIpc) is 3.57. The van der Waals surface area contributed by atoms with E-state index in [1.54, 1.807) is 47.6 Å². The molecular formula is C26H25ClN2O3S. The van der Waals surface area contributed by atoms with Crippen LogP contribution in [0.15, 0.2) is 60.0 Å². The number of ether oxygens (including phenoxy) is 1. The Hall–Kier alpha value is -2.83. The normalized spacial score (nSPS) is 17.4. The molecule has 3 aromatic rings. The molecule has 2 amide bonds. The van der Waals surface area contributed by atoms with Gasteiger partial charge in [-0.1, -0.05) is 35.9 Å². The van der Waals surface area contributed by atoms with E-state index in [1.807, 2.05) is 29.2 Å². The van der Waals surface area contributed by atoms with E-state index in [1.165, 1.54) is 10.4 Å². The molecule has 1 aliphatic carbocycles. The molecule has 2 aromatic carbocycles. The van der Waals surface area contributed by atoms with Crippen LogP contribution in [-0.2, 0) is 11.2 Å². The van der Waals surface area contributed by atoms with Crippen LogP contribution in [0.25, 0.3) is 0 Å². The lowest BCUT2D eigenvalue weighted by Crippen LogP contribution is -2.47. The Morgan fingerprint density at radius 1 is 1.12 bits per heavy atom. The molecule has 1 aromatic heterocycles. The van der Waals surface area contributed by atoms with Gasteiger partial charge in [0.25, 0.3) is 5.91 Å². The van der Waals surface area contributed by atoms with Gasteiger partial charge in [0, 0.05) is 17.5 Å². The second-order valence-electron chi connectivity index (χ2n) is 8.46. The Bertz CT molecular complexity index is 1170. The topological polar surface area (TPSA) is 49.9 Å². The van der Waals surface area contributed by atoms with Crippen LogP contribution in [0.3, 0.4) is 0 Å². The van der Waals surface area contributed by atoms with E-state index in [-0.39, 0.29) is 30.4 Å². The van der Waals surface area contributed by atoms with Crippen molar-refractivity contribution in [3.63, 3.8) is 0 Å². The number of benzene rings is 2.